The maximum absolute atomic E-state index is 12.4. The van der Waals surface area contributed by atoms with E-state index in [4.69, 9.17) is 9.47 Å². The summed E-state index contributed by atoms with van der Waals surface area (Å²) in [5.41, 5.74) is 6.08. The molecule has 6 heteroatoms. The molecular formula is C32H32N2O4. The van der Waals surface area contributed by atoms with Crippen LogP contribution in [0.15, 0.2) is 85.1 Å². The van der Waals surface area contributed by atoms with E-state index in [0.717, 1.165) is 16.5 Å². The molecule has 0 atom stereocenters. The number of alkyl carbamates (subject to hydrolysis) is 1. The molecule has 0 saturated heterocycles. The first-order valence-electron chi connectivity index (χ1n) is 12.9. The Balaban J connectivity index is 1.11. The molecule has 0 bridgehead atoms. The van der Waals surface area contributed by atoms with Crippen LogP contribution in [0.5, 0.6) is 0 Å². The highest BCUT2D eigenvalue weighted by molar-refractivity contribution is 5.90. The monoisotopic (exact) mass is 508 g/mol. The molecular weight excluding hydrogens is 476 g/mol. The second kappa shape index (κ2) is 10.6. The van der Waals surface area contributed by atoms with Gasteiger partial charge in [-0.05, 0) is 73.2 Å². The van der Waals surface area contributed by atoms with E-state index in [1.807, 2.05) is 81.5 Å². The van der Waals surface area contributed by atoms with Gasteiger partial charge in [0.25, 0.3) is 0 Å². The molecule has 0 spiro atoms. The number of nitrogens with zero attached hydrogens (tertiary/aromatic N) is 1. The number of benzene rings is 3. The Morgan fingerprint density at radius 1 is 0.947 bits per heavy atom. The van der Waals surface area contributed by atoms with Crippen molar-refractivity contribution < 1.29 is 19.1 Å². The van der Waals surface area contributed by atoms with Crippen LogP contribution in [0, 0.1) is 0 Å². The van der Waals surface area contributed by atoms with E-state index in [1.165, 1.54) is 26.8 Å². The van der Waals surface area contributed by atoms with E-state index in [-0.39, 0.29) is 5.92 Å². The van der Waals surface area contributed by atoms with Crippen molar-refractivity contribution in [1.29, 1.82) is 0 Å². The number of hydrogen-bond donors (Lipinski definition) is 1. The predicted octanol–water partition coefficient (Wildman–Crippen LogP) is 7.37. The van der Waals surface area contributed by atoms with E-state index in [1.54, 1.807) is 6.20 Å². The molecule has 1 aliphatic carbocycles. The van der Waals surface area contributed by atoms with Gasteiger partial charge >= 0.3 is 12.2 Å². The number of aromatic nitrogens is 1. The summed E-state index contributed by atoms with van der Waals surface area (Å²) in [5, 5.41) is 3.79. The second-order valence-electron chi connectivity index (χ2n) is 10.4. The molecule has 4 aromatic rings. The van der Waals surface area contributed by atoms with E-state index < -0.39 is 17.8 Å². The van der Waals surface area contributed by atoms with Gasteiger partial charge < -0.3 is 14.8 Å². The summed E-state index contributed by atoms with van der Waals surface area (Å²) in [7, 11) is 0. The largest absolute Gasteiger partial charge is 0.449 e. The van der Waals surface area contributed by atoms with Crippen LogP contribution < -0.4 is 5.32 Å². The maximum Gasteiger partial charge on any atom is 0.418 e. The lowest BCUT2D eigenvalue weighted by Gasteiger charge is -2.19. The quantitative estimate of drug-likeness (QED) is 0.276. The van der Waals surface area contributed by atoms with Gasteiger partial charge in [0.05, 0.1) is 5.52 Å². The number of amides is 1. The van der Waals surface area contributed by atoms with Crippen molar-refractivity contribution in [2.24, 2.45) is 0 Å². The van der Waals surface area contributed by atoms with Crippen LogP contribution in [0.1, 0.15) is 49.8 Å². The van der Waals surface area contributed by atoms with Gasteiger partial charge in [-0.3, -0.25) is 4.57 Å². The van der Waals surface area contributed by atoms with Crippen molar-refractivity contribution in [2.75, 3.05) is 13.2 Å². The van der Waals surface area contributed by atoms with Gasteiger partial charge in [-0.2, -0.15) is 0 Å². The molecule has 1 aliphatic rings. The van der Waals surface area contributed by atoms with E-state index >= 15 is 0 Å². The predicted molar refractivity (Wildman–Crippen MR) is 150 cm³/mol. The van der Waals surface area contributed by atoms with Gasteiger partial charge in [-0.1, -0.05) is 66.7 Å². The Hall–Kier alpha value is -4.32. The van der Waals surface area contributed by atoms with E-state index in [9.17, 15) is 9.59 Å². The Kier molecular flexibility index (Phi) is 7.05. The van der Waals surface area contributed by atoms with Crippen molar-refractivity contribution in [2.45, 2.75) is 38.7 Å². The Bertz CT molecular complexity index is 1460. The SMILES string of the molecule is CC(C)(C)OC(=O)n1ccc2cc(C=CCCNC(=O)OCC3c4ccccc4-c4ccccc43)ccc21. The van der Waals surface area contributed by atoms with Crippen LogP contribution in [0.3, 0.4) is 0 Å². The van der Waals surface area contributed by atoms with Crippen molar-refractivity contribution in [3.8, 4) is 11.1 Å². The first-order chi connectivity index (χ1) is 18.3. The van der Waals surface area contributed by atoms with Crippen molar-refractivity contribution in [3.63, 3.8) is 0 Å². The lowest BCUT2D eigenvalue weighted by molar-refractivity contribution is 0.0544. The zero-order chi connectivity index (χ0) is 26.7. The zero-order valence-electron chi connectivity index (χ0n) is 21.9. The third kappa shape index (κ3) is 5.49. The summed E-state index contributed by atoms with van der Waals surface area (Å²) in [4.78, 5) is 24.8. The average Bonchev–Trinajstić information content (AvgIpc) is 3.45. The third-order valence-electron chi connectivity index (χ3n) is 6.54. The Labute approximate surface area is 222 Å². The normalized spacial score (nSPS) is 12.9. The maximum atomic E-state index is 12.4. The molecule has 6 nitrogen and oxygen atoms in total. The zero-order valence-corrected chi connectivity index (χ0v) is 21.9. The highest BCUT2D eigenvalue weighted by Crippen LogP contribution is 2.44. The summed E-state index contributed by atoms with van der Waals surface area (Å²) in [5.74, 6) is 0.0492. The molecule has 0 radical (unpaired) electrons. The van der Waals surface area contributed by atoms with E-state index in [2.05, 4.69) is 29.6 Å². The molecule has 1 N–H and O–H groups in total. The number of nitrogens with one attached hydrogen (secondary N) is 1. The molecule has 0 aliphatic heterocycles. The summed E-state index contributed by atoms with van der Waals surface area (Å²) >= 11 is 0. The van der Waals surface area contributed by atoms with Crippen LogP contribution in [0.25, 0.3) is 28.1 Å². The number of carbonyl (C=O) groups excluding carboxylic acids is 2. The fourth-order valence-electron chi connectivity index (χ4n) is 4.86. The standard InChI is InChI=1S/C32H32N2O4/c1-32(2,3)38-31(36)34-19-17-23-20-22(15-16-29(23)34)10-8-9-18-33-30(35)37-21-28-26-13-6-4-11-24(26)25-12-5-7-14-27(25)28/h4-8,10-17,19-20,28H,9,18,21H2,1-3H3,(H,33,35). The minimum atomic E-state index is -0.551. The second-order valence-corrected chi connectivity index (χ2v) is 10.4. The van der Waals surface area contributed by atoms with E-state index in [0.29, 0.717) is 19.6 Å². The highest BCUT2D eigenvalue weighted by atomic mass is 16.6. The van der Waals surface area contributed by atoms with Gasteiger partial charge in [0.15, 0.2) is 0 Å². The first kappa shape index (κ1) is 25.3. The van der Waals surface area contributed by atoms with Gasteiger partial charge in [-0.25, -0.2) is 9.59 Å². The Morgan fingerprint density at radius 2 is 1.63 bits per heavy atom. The Morgan fingerprint density at radius 3 is 2.32 bits per heavy atom. The molecule has 194 valence electrons. The molecule has 1 aromatic heterocycles. The van der Waals surface area contributed by atoms with Crippen molar-refractivity contribution in [3.05, 3.63) is 102 Å². The lowest BCUT2D eigenvalue weighted by atomic mass is 9.98. The van der Waals surface area contributed by atoms with Crippen LogP contribution in [-0.4, -0.2) is 35.5 Å². The van der Waals surface area contributed by atoms with Crippen LogP contribution in [0.4, 0.5) is 9.59 Å². The van der Waals surface area contributed by atoms with Gasteiger partial charge in [0, 0.05) is 24.0 Å². The molecule has 38 heavy (non-hydrogen) atoms. The van der Waals surface area contributed by atoms with Gasteiger partial charge in [0.2, 0.25) is 0 Å². The molecule has 1 heterocycles. The summed E-state index contributed by atoms with van der Waals surface area (Å²) < 4.78 is 12.6. The summed E-state index contributed by atoms with van der Waals surface area (Å²) in [6.45, 7) is 6.33. The summed E-state index contributed by atoms with van der Waals surface area (Å²) in [6, 6.07) is 24.4. The molecule has 0 fully saturated rings. The van der Waals surface area contributed by atoms with Gasteiger partial charge in [-0.15, -0.1) is 0 Å². The lowest BCUT2D eigenvalue weighted by Crippen LogP contribution is -2.26. The first-order valence-corrected chi connectivity index (χ1v) is 12.9. The number of hydrogen-bond acceptors (Lipinski definition) is 4. The smallest absolute Gasteiger partial charge is 0.418 e. The molecule has 1 amide bonds. The minimum absolute atomic E-state index is 0.0492. The number of ether oxygens (including phenoxy) is 2. The highest BCUT2D eigenvalue weighted by Gasteiger charge is 2.29. The van der Waals surface area contributed by atoms with Gasteiger partial charge in [0.1, 0.15) is 12.2 Å². The topological polar surface area (TPSA) is 69.6 Å². The minimum Gasteiger partial charge on any atom is -0.449 e. The summed E-state index contributed by atoms with van der Waals surface area (Å²) in [6.07, 6.45) is 5.60. The molecule has 0 unspecified atom stereocenters. The fraction of sp³-hybridized carbons (Fsp3) is 0.250. The van der Waals surface area contributed by atoms with Crippen molar-refractivity contribution in [1.82, 2.24) is 9.88 Å². The van der Waals surface area contributed by atoms with Crippen molar-refractivity contribution >= 4 is 29.2 Å². The number of fused-ring (bicyclic) bond motifs is 4. The fourth-order valence-corrected chi connectivity index (χ4v) is 4.86. The molecule has 5 rings (SSSR count). The molecule has 3 aromatic carbocycles. The number of carbonyl (C=O) groups is 2. The number of rotatable bonds is 6. The molecule has 0 saturated carbocycles. The average molecular weight is 509 g/mol. The van der Waals surface area contributed by atoms with Crippen LogP contribution >= 0.6 is 0 Å². The third-order valence-corrected chi connectivity index (χ3v) is 6.54. The van der Waals surface area contributed by atoms with Crippen LogP contribution in [0.2, 0.25) is 0 Å². The van der Waals surface area contributed by atoms with Crippen LogP contribution in [-0.2, 0) is 9.47 Å².